The molecule has 0 spiro atoms. The van der Waals surface area contributed by atoms with Crippen molar-refractivity contribution < 1.29 is 89.5 Å². The summed E-state index contributed by atoms with van der Waals surface area (Å²) in [5, 5.41) is 16.5. The molecule has 14 aromatic rings. The maximum atomic E-state index is 4.93. The standard InChI is InChI=1S/C42H42P4.4C9H7NS.4Au/c1-7-19-37(20-8-1)44(38-21-9-2-10-22-38)34-31-43(32-35-45(39-23-11-3-12-24-39)40-25-13-4-14-26-40)33-36-46(41-27-15-5-16-28-41)42-29-17-6-18-30-42;4*11-9-6-5-7-3-1-2-4-8(7)10-9;;;;/h1-30H,31-36H2;4*1-6H,(H,10,11);;;;/q;;;;;4*+1. The van der Waals surface area contributed by atoms with Crippen LogP contribution in [0.5, 0.6) is 0 Å². The van der Waals surface area contributed by atoms with Gasteiger partial charge in [0.15, 0.2) is 0 Å². The van der Waals surface area contributed by atoms with Crippen LogP contribution in [0.3, 0.4) is 0 Å². The van der Waals surface area contributed by atoms with Gasteiger partial charge in [0.2, 0.25) is 0 Å². The summed E-state index contributed by atoms with van der Waals surface area (Å²) in [5.41, 5.74) is 3.89. The van der Waals surface area contributed by atoms with E-state index in [1.54, 1.807) is 31.8 Å². The van der Waals surface area contributed by atoms with E-state index >= 15 is 0 Å². The number of aromatic nitrogens is 4. The molecule has 14 rings (SSSR count). The second-order valence-corrected chi connectivity index (χ2v) is 33.8. The average molecular weight is 2100 g/mol. The molecule has 4 heterocycles. The molecule has 10 aromatic carbocycles. The minimum Gasteiger partial charge on any atom is -0.760 e. The van der Waals surface area contributed by atoms with E-state index in [0.717, 1.165) is 43.6 Å². The molecule has 0 aliphatic rings. The van der Waals surface area contributed by atoms with Crippen LogP contribution in [0.1, 0.15) is 0 Å². The van der Waals surface area contributed by atoms with Gasteiger partial charge in [-0.2, -0.15) is 0 Å². The molecule has 16 heteroatoms. The molecule has 0 saturated heterocycles. The zero-order valence-electron chi connectivity index (χ0n) is 51.0. The van der Waals surface area contributed by atoms with Gasteiger partial charge in [-0.25, -0.2) is 0 Å². The van der Waals surface area contributed by atoms with Gasteiger partial charge in [-0.1, -0.05) is 251 Å². The van der Waals surface area contributed by atoms with Crippen molar-refractivity contribution in [3.05, 3.63) is 328 Å². The molecule has 0 atom stereocenters. The van der Waals surface area contributed by atoms with Crippen molar-refractivity contribution in [3.8, 4) is 0 Å². The third-order valence-electron chi connectivity index (χ3n) is 15.2. The summed E-state index contributed by atoms with van der Waals surface area (Å²) in [4.78, 5) is 16.8. The molecule has 0 bridgehead atoms. The molecule has 0 unspecified atom stereocenters. The Morgan fingerprint density at radius 1 is 0.191 bits per heavy atom. The Morgan fingerprint density at radius 2 is 0.362 bits per heavy atom. The number of hydrogen-bond donors (Lipinski definition) is 0. The van der Waals surface area contributed by atoms with Gasteiger partial charge >= 0.3 is 89.5 Å². The number of nitrogens with zero attached hydrogens (tertiary/aromatic N) is 4. The average Bonchev–Trinajstić information content (AvgIpc) is 1.38. The Bertz CT molecular complexity index is 3810. The first kappa shape index (κ1) is 78.4. The molecule has 0 aliphatic carbocycles. The van der Waals surface area contributed by atoms with Crippen LogP contribution in [0.15, 0.2) is 348 Å². The van der Waals surface area contributed by atoms with Crippen LogP contribution in [-0.2, 0) is 140 Å². The minimum absolute atomic E-state index is 0. The summed E-state index contributed by atoms with van der Waals surface area (Å²) in [6.45, 7) is 0. The fourth-order valence-electron chi connectivity index (χ4n) is 10.7. The first-order valence-electron chi connectivity index (χ1n) is 30.1. The van der Waals surface area contributed by atoms with Crippen LogP contribution >= 0.6 is 31.7 Å². The van der Waals surface area contributed by atoms with Gasteiger partial charge in [0.05, 0.1) is 115 Å². The van der Waals surface area contributed by atoms with Crippen molar-refractivity contribution in [3.63, 3.8) is 0 Å². The summed E-state index contributed by atoms with van der Waals surface area (Å²) in [6, 6.07) is 115. The van der Waals surface area contributed by atoms with Crippen molar-refractivity contribution in [2.24, 2.45) is 0 Å². The van der Waals surface area contributed by atoms with Crippen molar-refractivity contribution in [2.75, 3.05) is 37.0 Å². The van der Waals surface area contributed by atoms with E-state index in [4.69, 9.17) is 50.5 Å². The summed E-state index contributed by atoms with van der Waals surface area (Å²) >= 11 is 19.7. The summed E-state index contributed by atoms with van der Waals surface area (Å²) < 4.78 is 0. The first-order chi connectivity index (χ1) is 44.3. The maximum absolute atomic E-state index is 4.93. The molecule has 94 heavy (non-hydrogen) atoms. The van der Waals surface area contributed by atoms with Gasteiger partial charge in [0.25, 0.3) is 0 Å². The van der Waals surface area contributed by atoms with E-state index in [0.29, 0.717) is 20.1 Å². The van der Waals surface area contributed by atoms with Gasteiger partial charge in [-0.05, 0) is 97.1 Å². The van der Waals surface area contributed by atoms with Crippen LogP contribution in [0, 0.1) is 0 Å². The van der Waals surface area contributed by atoms with Gasteiger partial charge in [0, 0.05) is 29.5 Å². The van der Waals surface area contributed by atoms with Crippen molar-refractivity contribution in [2.45, 2.75) is 20.1 Å². The molecule has 0 saturated carbocycles. The minimum atomic E-state index is -0.835. The predicted molar refractivity (Wildman–Crippen MR) is 408 cm³/mol. The molecule has 0 amide bonds. The number of pyridine rings is 4. The molecule has 486 valence electrons. The SMILES string of the molecule is [Au+].[Au+].[Au+].[Au+].[S-]c1ccc2ccccc2n1.[S-]c1ccc2ccccc2n1.[S-]c1ccc2ccccc2n1.[S-]c1ccc2ccccc2n1.c1ccc([PH+](CC[PH+](CC[PH+](c2ccccc2)c2ccccc2)CC[PH+](c2ccccc2)c2ccccc2)c2ccccc2)cc1. The Balaban J connectivity index is 0.000000232. The summed E-state index contributed by atoms with van der Waals surface area (Å²) in [5.74, 6) is 0. The van der Waals surface area contributed by atoms with Gasteiger partial charge in [0.1, 0.15) is 0 Å². The van der Waals surface area contributed by atoms with Crippen LogP contribution < -0.4 is 31.8 Å². The third kappa shape index (κ3) is 24.7. The Morgan fingerprint density at radius 3 is 0.553 bits per heavy atom. The topological polar surface area (TPSA) is 51.6 Å². The molecular weight excluding hydrogens is 2030 g/mol. The monoisotopic (exact) mass is 2100 g/mol. The van der Waals surface area contributed by atoms with Crippen LogP contribution in [0.25, 0.3) is 43.6 Å². The Labute approximate surface area is 644 Å². The second-order valence-electron chi connectivity index (χ2n) is 21.3. The Hall–Kier alpha value is -4.60. The Kier molecular flexibility index (Phi) is 35.8. The maximum Gasteiger partial charge on any atom is 1.00 e. The number of hydrogen-bond acceptors (Lipinski definition) is 8. The number of fused-ring (bicyclic) bond motifs is 4. The zero-order chi connectivity index (χ0) is 62.0. The smallest absolute Gasteiger partial charge is 0.760 e. The molecule has 0 fully saturated rings. The van der Waals surface area contributed by atoms with E-state index in [-0.39, 0.29) is 89.5 Å². The summed E-state index contributed by atoms with van der Waals surface area (Å²) in [6.07, 6.45) is 8.14. The molecule has 0 N–H and O–H groups in total. The number of rotatable bonds is 15. The fourth-order valence-corrected chi connectivity index (χ4v) is 25.6. The van der Waals surface area contributed by atoms with Gasteiger partial charge in [-0.15, -0.1) is 0 Å². The van der Waals surface area contributed by atoms with Crippen molar-refractivity contribution >= 4 is 158 Å². The quantitative estimate of drug-likeness (QED) is 0.0572. The number of benzene rings is 10. The largest absolute Gasteiger partial charge is 1.00 e. The fraction of sp³-hybridized carbons (Fsp3) is 0.0769. The van der Waals surface area contributed by atoms with Crippen LogP contribution in [0.2, 0.25) is 0 Å². The zero-order valence-corrected chi connectivity index (χ0v) is 67.0. The molecule has 0 aliphatic heterocycles. The second kappa shape index (κ2) is 42.9. The molecular formula is C78H70Au4N4P4S4+4. The third-order valence-corrected chi connectivity index (χ3v) is 28.9. The predicted octanol–water partition coefficient (Wildman–Crippen LogP) is 16.3. The van der Waals surface area contributed by atoms with Crippen molar-refractivity contribution in [1.29, 1.82) is 0 Å². The molecule has 4 nitrogen and oxygen atoms in total. The number of para-hydroxylation sites is 4. The van der Waals surface area contributed by atoms with E-state index in [1.165, 1.54) is 37.0 Å². The van der Waals surface area contributed by atoms with E-state index in [1.807, 2.05) is 146 Å². The first-order valence-corrected chi connectivity index (χ1v) is 39.0. The van der Waals surface area contributed by atoms with Crippen molar-refractivity contribution in [1.82, 2.24) is 19.9 Å². The van der Waals surface area contributed by atoms with E-state index in [2.05, 4.69) is 202 Å². The van der Waals surface area contributed by atoms with Crippen LogP contribution in [-0.4, -0.2) is 56.9 Å². The molecule has 0 radical (unpaired) electrons. The molecule has 4 aromatic heterocycles. The van der Waals surface area contributed by atoms with Gasteiger partial charge < -0.3 is 50.5 Å². The normalized spacial score (nSPS) is 10.4. The summed E-state index contributed by atoms with van der Waals surface area (Å²) in [7, 11) is -3.10. The van der Waals surface area contributed by atoms with Crippen LogP contribution in [0.4, 0.5) is 0 Å². The van der Waals surface area contributed by atoms with Gasteiger partial charge in [-0.3, -0.25) is 19.9 Å². The van der Waals surface area contributed by atoms with E-state index < -0.39 is 31.7 Å². The van der Waals surface area contributed by atoms with E-state index in [9.17, 15) is 0 Å².